The van der Waals surface area contributed by atoms with E-state index in [2.05, 4.69) is 24.1 Å². The topological polar surface area (TPSA) is 49.3 Å². The Labute approximate surface area is 121 Å². The van der Waals surface area contributed by atoms with Crippen molar-refractivity contribution in [3.63, 3.8) is 0 Å². The summed E-state index contributed by atoms with van der Waals surface area (Å²) in [7, 11) is 0. The molecule has 0 bridgehead atoms. The van der Waals surface area contributed by atoms with E-state index in [1.807, 2.05) is 17.8 Å². The molecule has 102 valence electrons. The molecule has 0 radical (unpaired) electrons. The van der Waals surface area contributed by atoms with Gasteiger partial charge in [0, 0.05) is 11.3 Å². The Morgan fingerprint density at radius 3 is 3.11 bits per heavy atom. The summed E-state index contributed by atoms with van der Waals surface area (Å²) in [5, 5.41) is 11.6. The van der Waals surface area contributed by atoms with Gasteiger partial charge in [0.15, 0.2) is 0 Å². The van der Waals surface area contributed by atoms with Gasteiger partial charge in [0.25, 0.3) is 5.91 Å². The molecule has 1 unspecified atom stereocenters. The van der Waals surface area contributed by atoms with E-state index in [1.165, 1.54) is 23.5 Å². The highest BCUT2D eigenvalue weighted by molar-refractivity contribution is 8.00. The fourth-order valence-electron chi connectivity index (χ4n) is 1.98. The third-order valence-corrected chi connectivity index (χ3v) is 5.58. The van der Waals surface area contributed by atoms with Crippen LogP contribution in [0.3, 0.4) is 0 Å². The van der Waals surface area contributed by atoms with E-state index >= 15 is 0 Å². The van der Waals surface area contributed by atoms with Gasteiger partial charge < -0.3 is 10.4 Å². The van der Waals surface area contributed by atoms with Crippen molar-refractivity contribution in [1.29, 1.82) is 0 Å². The molecule has 2 rings (SSSR count). The summed E-state index contributed by atoms with van der Waals surface area (Å²) in [6.45, 7) is 2.76. The third-order valence-electron chi connectivity index (χ3n) is 3.04. The van der Waals surface area contributed by atoms with E-state index in [0.717, 1.165) is 11.3 Å². The SMILES string of the molecule is CC1(CNC(=O)c2ccc(C#CCO)s2)CCCS1. The van der Waals surface area contributed by atoms with Crippen molar-refractivity contribution in [3.05, 3.63) is 21.9 Å². The Bertz CT molecular complexity index is 507. The van der Waals surface area contributed by atoms with E-state index in [4.69, 9.17) is 5.11 Å². The molecular weight excluding hydrogens is 278 g/mol. The molecule has 1 aliphatic rings. The monoisotopic (exact) mass is 295 g/mol. The average Bonchev–Trinajstić information content (AvgIpc) is 3.03. The minimum atomic E-state index is -0.158. The first-order chi connectivity index (χ1) is 9.13. The van der Waals surface area contributed by atoms with Crippen LogP contribution in [0.15, 0.2) is 12.1 Å². The molecule has 1 fully saturated rings. The summed E-state index contributed by atoms with van der Waals surface area (Å²) < 4.78 is 0.187. The largest absolute Gasteiger partial charge is 0.384 e. The number of hydrogen-bond donors (Lipinski definition) is 2. The van der Waals surface area contributed by atoms with Crippen molar-refractivity contribution in [2.24, 2.45) is 0 Å². The van der Waals surface area contributed by atoms with E-state index in [-0.39, 0.29) is 17.3 Å². The summed E-state index contributed by atoms with van der Waals surface area (Å²) in [4.78, 5) is 13.5. The highest BCUT2D eigenvalue weighted by Gasteiger charge is 2.29. The molecule has 1 atom stereocenters. The molecule has 0 aromatic carbocycles. The van der Waals surface area contributed by atoms with Crippen molar-refractivity contribution in [3.8, 4) is 11.8 Å². The standard InChI is InChI=1S/C14H17NO2S2/c1-14(7-3-9-18-14)10-15-13(17)12-6-5-11(19-12)4-2-8-16/h5-6,16H,3,7-10H2,1H3,(H,15,17). The number of carbonyl (C=O) groups excluding carboxylic acids is 1. The number of aliphatic hydroxyl groups is 1. The number of thiophene rings is 1. The highest BCUT2D eigenvalue weighted by atomic mass is 32.2. The van der Waals surface area contributed by atoms with Crippen LogP contribution in [0.5, 0.6) is 0 Å². The molecule has 3 nitrogen and oxygen atoms in total. The highest BCUT2D eigenvalue weighted by Crippen LogP contribution is 2.37. The predicted octanol–water partition coefficient (Wildman–Crippen LogP) is 2.11. The maximum Gasteiger partial charge on any atom is 0.261 e. The van der Waals surface area contributed by atoms with Crippen LogP contribution in [0.25, 0.3) is 0 Å². The Morgan fingerprint density at radius 1 is 1.58 bits per heavy atom. The van der Waals surface area contributed by atoms with Crippen LogP contribution >= 0.6 is 23.1 Å². The second-order valence-corrected chi connectivity index (χ2v) is 7.47. The molecule has 1 amide bonds. The molecule has 1 saturated heterocycles. The number of nitrogens with one attached hydrogen (secondary N) is 1. The fourth-order valence-corrected chi connectivity index (χ4v) is 4.03. The summed E-state index contributed by atoms with van der Waals surface area (Å²) in [5.74, 6) is 6.54. The summed E-state index contributed by atoms with van der Waals surface area (Å²) in [5.41, 5.74) is 0. The molecule has 19 heavy (non-hydrogen) atoms. The van der Waals surface area contributed by atoms with Gasteiger partial charge in [-0.3, -0.25) is 4.79 Å². The second kappa shape index (κ2) is 6.47. The first-order valence-corrected chi connectivity index (χ1v) is 8.05. The number of aliphatic hydroxyl groups excluding tert-OH is 1. The van der Waals surface area contributed by atoms with Crippen LogP contribution < -0.4 is 5.32 Å². The second-order valence-electron chi connectivity index (χ2n) is 4.71. The molecule has 0 saturated carbocycles. The van der Waals surface area contributed by atoms with Gasteiger partial charge in [-0.05, 0) is 37.7 Å². The molecule has 1 aliphatic heterocycles. The molecule has 1 aromatic rings. The normalized spacial score (nSPS) is 21.8. The van der Waals surface area contributed by atoms with Gasteiger partial charge in [0.1, 0.15) is 6.61 Å². The number of thioether (sulfide) groups is 1. The van der Waals surface area contributed by atoms with Crippen molar-refractivity contribution < 1.29 is 9.90 Å². The van der Waals surface area contributed by atoms with Crippen molar-refractivity contribution >= 4 is 29.0 Å². The Morgan fingerprint density at radius 2 is 2.42 bits per heavy atom. The van der Waals surface area contributed by atoms with Crippen molar-refractivity contribution in [2.45, 2.75) is 24.5 Å². The molecule has 2 N–H and O–H groups in total. The Hall–Kier alpha value is -0.960. The lowest BCUT2D eigenvalue weighted by Gasteiger charge is -2.22. The van der Waals surface area contributed by atoms with Crippen LogP contribution in [-0.2, 0) is 0 Å². The van der Waals surface area contributed by atoms with Gasteiger partial charge in [-0.25, -0.2) is 0 Å². The fraction of sp³-hybridized carbons (Fsp3) is 0.500. The van der Waals surface area contributed by atoms with E-state index in [9.17, 15) is 4.79 Å². The van der Waals surface area contributed by atoms with E-state index < -0.39 is 0 Å². The summed E-state index contributed by atoms with van der Waals surface area (Å²) >= 11 is 3.30. The first kappa shape index (κ1) is 14.4. The van der Waals surface area contributed by atoms with Gasteiger partial charge in [-0.2, -0.15) is 11.8 Å². The molecule has 5 heteroatoms. The van der Waals surface area contributed by atoms with E-state index in [0.29, 0.717) is 11.4 Å². The Balaban J connectivity index is 1.91. The smallest absolute Gasteiger partial charge is 0.261 e. The number of carbonyl (C=O) groups is 1. The van der Waals surface area contributed by atoms with Crippen LogP contribution in [0, 0.1) is 11.8 Å². The van der Waals surface area contributed by atoms with E-state index in [1.54, 1.807) is 6.07 Å². The maximum absolute atomic E-state index is 12.0. The lowest BCUT2D eigenvalue weighted by atomic mass is 10.1. The van der Waals surface area contributed by atoms with Gasteiger partial charge in [0.05, 0.1) is 9.75 Å². The lowest BCUT2D eigenvalue weighted by Crippen LogP contribution is -2.36. The maximum atomic E-state index is 12.0. The van der Waals surface area contributed by atoms with Gasteiger partial charge in [0.2, 0.25) is 0 Å². The van der Waals surface area contributed by atoms with Crippen LogP contribution in [0.1, 0.15) is 34.3 Å². The van der Waals surface area contributed by atoms with Crippen LogP contribution in [-0.4, -0.2) is 34.7 Å². The van der Waals surface area contributed by atoms with Gasteiger partial charge in [-0.15, -0.1) is 11.3 Å². The molecular formula is C14H17NO2S2. The quantitative estimate of drug-likeness (QED) is 0.840. The summed E-state index contributed by atoms with van der Waals surface area (Å²) in [6, 6.07) is 3.60. The van der Waals surface area contributed by atoms with Crippen LogP contribution in [0.2, 0.25) is 0 Å². The third kappa shape index (κ3) is 4.00. The zero-order valence-electron chi connectivity index (χ0n) is 10.9. The zero-order chi connectivity index (χ0) is 13.7. The minimum absolute atomic E-state index is 0.0317. The number of amides is 1. The average molecular weight is 295 g/mol. The van der Waals surface area contributed by atoms with Gasteiger partial charge in [-0.1, -0.05) is 11.8 Å². The van der Waals surface area contributed by atoms with Crippen LogP contribution in [0.4, 0.5) is 0 Å². The summed E-state index contributed by atoms with van der Waals surface area (Å²) in [6.07, 6.45) is 2.40. The lowest BCUT2D eigenvalue weighted by molar-refractivity contribution is 0.0954. The molecule has 0 spiro atoms. The number of hydrogen-bond acceptors (Lipinski definition) is 4. The van der Waals surface area contributed by atoms with Crippen molar-refractivity contribution in [1.82, 2.24) is 5.32 Å². The molecule has 1 aromatic heterocycles. The molecule has 2 heterocycles. The van der Waals surface area contributed by atoms with Gasteiger partial charge >= 0.3 is 0 Å². The number of rotatable bonds is 3. The zero-order valence-corrected chi connectivity index (χ0v) is 12.5. The molecule has 0 aliphatic carbocycles. The first-order valence-electron chi connectivity index (χ1n) is 6.25. The van der Waals surface area contributed by atoms with Crippen molar-refractivity contribution in [2.75, 3.05) is 18.9 Å². The minimum Gasteiger partial charge on any atom is -0.384 e. The predicted molar refractivity (Wildman–Crippen MR) is 80.7 cm³/mol. The Kier molecular flexibility index (Phi) is 4.92.